The summed E-state index contributed by atoms with van der Waals surface area (Å²) in [6.45, 7) is 16.7. The van der Waals surface area contributed by atoms with Gasteiger partial charge < -0.3 is 4.74 Å². The molecule has 0 aromatic heterocycles. The highest BCUT2D eigenvalue weighted by Crippen LogP contribution is 2.44. The molecule has 1 nitrogen and oxygen atoms in total. The summed E-state index contributed by atoms with van der Waals surface area (Å²) in [5, 5.41) is 0. The quantitative estimate of drug-likeness (QED) is 0.360. The molecule has 1 saturated carbocycles. The maximum absolute atomic E-state index is 6.04. The van der Waals surface area contributed by atoms with Crippen LogP contribution in [0.2, 0.25) is 22.7 Å². The van der Waals surface area contributed by atoms with Gasteiger partial charge in [-0.1, -0.05) is 83.8 Å². The topological polar surface area (TPSA) is 9.23 Å². The molecule has 0 saturated heterocycles. The van der Waals surface area contributed by atoms with E-state index in [0.29, 0.717) is 0 Å². The van der Waals surface area contributed by atoms with E-state index in [1.54, 1.807) is 0 Å². The van der Waals surface area contributed by atoms with Crippen LogP contribution >= 0.6 is 0 Å². The molecule has 0 atom stereocenters. The van der Waals surface area contributed by atoms with Gasteiger partial charge in [-0.2, -0.15) is 0 Å². The minimum absolute atomic E-state index is 0.862. The van der Waals surface area contributed by atoms with Crippen molar-refractivity contribution in [2.24, 2.45) is 5.92 Å². The molecule has 0 unspecified atom stereocenters. The van der Waals surface area contributed by atoms with Crippen LogP contribution in [0.4, 0.5) is 0 Å². The smallest absolute Gasteiger partial charge is 0.0635 e. The largest absolute Gasteiger partial charge is 0.382 e. The van der Waals surface area contributed by atoms with Gasteiger partial charge in [0.15, 0.2) is 0 Å². The van der Waals surface area contributed by atoms with Crippen LogP contribution in [-0.2, 0) is 4.74 Å². The molecule has 0 aromatic rings. The zero-order valence-corrected chi connectivity index (χ0v) is 15.9. The average Bonchev–Trinajstić information content (AvgIpc) is 2.85. The van der Waals surface area contributed by atoms with E-state index in [9.17, 15) is 0 Å². The summed E-state index contributed by atoms with van der Waals surface area (Å²) >= 11 is 0. The van der Waals surface area contributed by atoms with Gasteiger partial charge in [0.05, 0.1) is 8.07 Å². The number of ether oxygens (including phenoxy) is 1. The summed E-state index contributed by atoms with van der Waals surface area (Å²) in [6.07, 6.45) is 7.11. The fourth-order valence-corrected chi connectivity index (χ4v) is 11.0. The van der Waals surface area contributed by atoms with E-state index in [1.165, 1.54) is 38.1 Å². The molecular formula is C18H38OSi. The predicted octanol–water partition coefficient (Wildman–Crippen LogP) is 6.26. The lowest BCUT2D eigenvalue weighted by atomic mass is 10.1. The Kier molecular flexibility index (Phi) is 7.82. The van der Waals surface area contributed by atoms with E-state index in [1.807, 2.05) is 0 Å². The Hall–Kier alpha value is 0.177. The van der Waals surface area contributed by atoms with Crippen LogP contribution in [0.5, 0.6) is 0 Å². The second-order valence-electron chi connectivity index (χ2n) is 7.88. The molecule has 0 bridgehead atoms. The predicted molar refractivity (Wildman–Crippen MR) is 93.2 cm³/mol. The third kappa shape index (κ3) is 4.59. The number of hydrogen-bond donors (Lipinski definition) is 0. The summed E-state index contributed by atoms with van der Waals surface area (Å²) in [5.74, 6) is 0.970. The molecule has 2 heteroatoms. The van der Waals surface area contributed by atoms with Gasteiger partial charge in [-0.25, -0.2) is 0 Å². The lowest BCUT2D eigenvalue weighted by Gasteiger charge is -2.43. The van der Waals surface area contributed by atoms with Gasteiger partial charge in [-0.3, -0.25) is 0 Å². The normalized spacial score (nSPS) is 17.9. The van der Waals surface area contributed by atoms with Crippen molar-refractivity contribution in [2.45, 2.75) is 96.3 Å². The Balaban J connectivity index is 2.34. The first-order valence-corrected chi connectivity index (χ1v) is 11.4. The number of hydrogen-bond acceptors (Lipinski definition) is 1. The molecule has 1 aliphatic carbocycles. The van der Waals surface area contributed by atoms with E-state index in [2.05, 4.69) is 41.5 Å². The van der Waals surface area contributed by atoms with Crippen LogP contribution in [0.15, 0.2) is 0 Å². The zero-order chi connectivity index (χ0) is 15.2. The van der Waals surface area contributed by atoms with Crippen LogP contribution in [-0.4, -0.2) is 21.3 Å². The molecule has 0 heterocycles. The molecule has 0 radical (unpaired) electrons. The maximum Gasteiger partial charge on any atom is 0.0635 e. The van der Waals surface area contributed by atoms with Crippen molar-refractivity contribution >= 4 is 8.07 Å². The van der Waals surface area contributed by atoms with Gasteiger partial charge in [0.25, 0.3) is 0 Å². The van der Waals surface area contributed by atoms with E-state index >= 15 is 0 Å². The molecule has 0 aliphatic heterocycles. The zero-order valence-electron chi connectivity index (χ0n) is 14.9. The third-order valence-corrected chi connectivity index (χ3v) is 13.6. The second-order valence-corrected chi connectivity index (χ2v) is 14.1. The van der Waals surface area contributed by atoms with Gasteiger partial charge >= 0.3 is 0 Å². The first-order chi connectivity index (χ1) is 9.41. The van der Waals surface area contributed by atoms with Crippen molar-refractivity contribution < 1.29 is 4.74 Å². The van der Waals surface area contributed by atoms with Crippen LogP contribution in [0.3, 0.4) is 0 Å². The van der Waals surface area contributed by atoms with Crippen molar-refractivity contribution in [3.05, 3.63) is 0 Å². The highest BCUT2D eigenvalue weighted by Gasteiger charge is 2.41. The first-order valence-electron chi connectivity index (χ1n) is 8.99. The maximum atomic E-state index is 6.04. The SMILES string of the molecule is CC(C)[Si](CCOCCC1CCCC1)(C(C)C)C(C)C. The van der Waals surface area contributed by atoms with Gasteiger partial charge in [0.1, 0.15) is 0 Å². The van der Waals surface area contributed by atoms with E-state index in [0.717, 1.165) is 35.8 Å². The van der Waals surface area contributed by atoms with Crippen LogP contribution in [0.1, 0.15) is 73.6 Å². The highest BCUT2D eigenvalue weighted by molar-refractivity contribution is 6.83. The van der Waals surface area contributed by atoms with Crippen LogP contribution < -0.4 is 0 Å². The molecule has 0 aromatic carbocycles. The molecule has 0 amide bonds. The summed E-state index contributed by atoms with van der Waals surface area (Å²) in [7, 11) is -1.23. The van der Waals surface area contributed by atoms with E-state index in [4.69, 9.17) is 4.74 Å². The van der Waals surface area contributed by atoms with Crippen molar-refractivity contribution in [3.8, 4) is 0 Å². The molecule has 0 N–H and O–H groups in total. The van der Waals surface area contributed by atoms with Gasteiger partial charge in [-0.15, -0.1) is 0 Å². The van der Waals surface area contributed by atoms with Crippen molar-refractivity contribution in [2.75, 3.05) is 13.2 Å². The van der Waals surface area contributed by atoms with Crippen LogP contribution in [0.25, 0.3) is 0 Å². The summed E-state index contributed by atoms with van der Waals surface area (Å²) in [5.41, 5.74) is 2.59. The standard InChI is InChI=1S/C18H38OSi/c1-15(2)20(16(3)4,17(5)6)14-13-19-12-11-18-9-7-8-10-18/h15-18H,7-14H2,1-6H3. The Bertz CT molecular complexity index is 232. The highest BCUT2D eigenvalue weighted by atomic mass is 28.3. The lowest BCUT2D eigenvalue weighted by Crippen LogP contribution is -2.45. The Labute approximate surface area is 128 Å². The van der Waals surface area contributed by atoms with Crippen molar-refractivity contribution in [3.63, 3.8) is 0 Å². The molecular weight excluding hydrogens is 260 g/mol. The Morgan fingerprint density at radius 3 is 1.80 bits per heavy atom. The van der Waals surface area contributed by atoms with Crippen molar-refractivity contribution in [1.29, 1.82) is 0 Å². The van der Waals surface area contributed by atoms with Gasteiger partial charge in [0, 0.05) is 13.2 Å². The van der Waals surface area contributed by atoms with Gasteiger partial charge in [-0.05, 0) is 18.4 Å². The fraction of sp³-hybridized carbons (Fsp3) is 1.00. The molecule has 1 rings (SSSR count). The molecule has 20 heavy (non-hydrogen) atoms. The molecule has 0 spiro atoms. The summed E-state index contributed by atoms with van der Waals surface area (Å²) < 4.78 is 6.04. The third-order valence-electron chi connectivity index (χ3n) is 6.05. The summed E-state index contributed by atoms with van der Waals surface area (Å²) in [4.78, 5) is 0. The fourth-order valence-electron chi connectivity index (χ4n) is 4.77. The minimum Gasteiger partial charge on any atom is -0.382 e. The average molecular weight is 299 g/mol. The minimum atomic E-state index is -1.23. The second kappa shape index (κ2) is 8.58. The molecule has 120 valence electrons. The monoisotopic (exact) mass is 298 g/mol. The Morgan fingerprint density at radius 2 is 1.35 bits per heavy atom. The molecule has 1 aliphatic rings. The first kappa shape index (κ1) is 18.2. The number of rotatable bonds is 9. The molecule has 1 fully saturated rings. The van der Waals surface area contributed by atoms with Gasteiger partial charge in [0.2, 0.25) is 0 Å². The lowest BCUT2D eigenvalue weighted by molar-refractivity contribution is 0.131. The van der Waals surface area contributed by atoms with Crippen LogP contribution in [0, 0.1) is 5.92 Å². The van der Waals surface area contributed by atoms with E-state index < -0.39 is 8.07 Å². The Morgan fingerprint density at radius 1 is 0.850 bits per heavy atom. The van der Waals surface area contributed by atoms with Crippen molar-refractivity contribution in [1.82, 2.24) is 0 Å². The van der Waals surface area contributed by atoms with E-state index in [-0.39, 0.29) is 0 Å². The summed E-state index contributed by atoms with van der Waals surface area (Å²) in [6, 6.07) is 1.35.